The molecule has 0 N–H and O–H groups in total. The van der Waals surface area contributed by atoms with Crippen LogP contribution in [0.1, 0.15) is 19.3 Å². The van der Waals surface area contributed by atoms with Gasteiger partial charge in [0, 0.05) is 23.8 Å². The molecule has 1 aromatic rings. The maximum atomic E-state index is 4.16. The predicted molar refractivity (Wildman–Crippen MR) is 58.0 cm³/mol. The average Bonchev–Trinajstić information content (AvgIpc) is 2.01. The Kier molecular flexibility index (Phi) is 2.54. The third kappa shape index (κ3) is 1.85. The first-order valence-electron chi connectivity index (χ1n) is 4.61. The molecule has 0 amide bonds. The lowest BCUT2D eigenvalue weighted by molar-refractivity contribution is 0.401. The quantitative estimate of drug-likeness (QED) is 0.791. The first kappa shape index (κ1) is 9.00. The minimum atomic E-state index is 0.732. The van der Waals surface area contributed by atoms with E-state index in [0.717, 1.165) is 10.5 Å². The zero-order valence-corrected chi connectivity index (χ0v) is 9.29. The van der Waals surface area contributed by atoms with E-state index in [-0.39, 0.29) is 0 Å². The Balaban J connectivity index is 2.14. The highest BCUT2D eigenvalue weighted by Gasteiger charge is 2.22. The van der Waals surface area contributed by atoms with Gasteiger partial charge in [-0.1, -0.05) is 0 Å². The van der Waals surface area contributed by atoms with Crippen LogP contribution in [0.15, 0.2) is 22.9 Å². The molecule has 1 saturated carbocycles. The average molecular weight is 241 g/mol. The molecule has 2 rings (SSSR count). The van der Waals surface area contributed by atoms with E-state index in [9.17, 15) is 0 Å². The summed E-state index contributed by atoms with van der Waals surface area (Å²) in [6, 6.07) is 2.85. The van der Waals surface area contributed by atoms with Crippen molar-refractivity contribution in [1.82, 2.24) is 4.98 Å². The Bertz CT molecular complexity index is 297. The molecule has 0 atom stereocenters. The Morgan fingerprint density at radius 3 is 2.77 bits per heavy atom. The van der Waals surface area contributed by atoms with Gasteiger partial charge in [-0.05, 0) is 41.3 Å². The van der Waals surface area contributed by atoms with E-state index in [4.69, 9.17) is 0 Å². The van der Waals surface area contributed by atoms with Gasteiger partial charge in [-0.15, -0.1) is 0 Å². The van der Waals surface area contributed by atoms with Crippen LogP contribution in [0.25, 0.3) is 0 Å². The van der Waals surface area contributed by atoms with Crippen molar-refractivity contribution in [3.63, 3.8) is 0 Å². The normalized spacial score (nSPS) is 16.8. The van der Waals surface area contributed by atoms with Gasteiger partial charge in [-0.25, -0.2) is 0 Å². The van der Waals surface area contributed by atoms with Crippen molar-refractivity contribution < 1.29 is 0 Å². The van der Waals surface area contributed by atoms with Crippen LogP contribution in [0.5, 0.6) is 0 Å². The lowest BCUT2D eigenvalue weighted by Crippen LogP contribution is -2.37. The van der Waals surface area contributed by atoms with E-state index < -0.39 is 0 Å². The number of aromatic nitrogens is 1. The Hall–Kier alpha value is -0.570. The minimum absolute atomic E-state index is 0.732. The van der Waals surface area contributed by atoms with Gasteiger partial charge in [0.05, 0.1) is 11.9 Å². The largest absolute Gasteiger partial charge is 0.370 e. The van der Waals surface area contributed by atoms with Crippen molar-refractivity contribution in [2.75, 3.05) is 11.9 Å². The molecule has 2 nitrogen and oxygen atoms in total. The van der Waals surface area contributed by atoms with Crippen LogP contribution in [0.4, 0.5) is 5.69 Å². The van der Waals surface area contributed by atoms with Gasteiger partial charge in [-0.3, -0.25) is 4.98 Å². The summed E-state index contributed by atoms with van der Waals surface area (Å²) >= 11 is 3.43. The number of pyridine rings is 1. The second-order valence-corrected chi connectivity index (χ2v) is 4.47. The molecular weight excluding hydrogens is 228 g/mol. The van der Waals surface area contributed by atoms with Crippen LogP contribution in [-0.2, 0) is 0 Å². The molecular formula is C10H13BrN2. The van der Waals surface area contributed by atoms with Crippen molar-refractivity contribution in [2.45, 2.75) is 25.3 Å². The molecule has 0 bridgehead atoms. The maximum Gasteiger partial charge on any atom is 0.0563 e. The minimum Gasteiger partial charge on any atom is -0.370 e. The Morgan fingerprint density at radius 1 is 1.46 bits per heavy atom. The maximum absolute atomic E-state index is 4.16. The monoisotopic (exact) mass is 240 g/mol. The van der Waals surface area contributed by atoms with Crippen molar-refractivity contribution in [2.24, 2.45) is 0 Å². The number of halogens is 1. The van der Waals surface area contributed by atoms with Crippen molar-refractivity contribution in [3.8, 4) is 0 Å². The van der Waals surface area contributed by atoms with Gasteiger partial charge in [0.1, 0.15) is 0 Å². The van der Waals surface area contributed by atoms with E-state index >= 15 is 0 Å². The van der Waals surface area contributed by atoms with Crippen LogP contribution in [0, 0.1) is 0 Å². The standard InChI is InChI=1S/C10H13BrN2/c1-13(9-3-2-4-9)10-5-8(11)6-12-7-10/h5-7,9H,2-4H2,1H3. The summed E-state index contributed by atoms with van der Waals surface area (Å²) < 4.78 is 1.05. The molecule has 0 radical (unpaired) electrons. The van der Waals surface area contributed by atoms with Gasteiger partial charge < -0.3 is 4.90 Å². The van der Waals surface area contributed by atoms with Gasteiger partial charge in [0.2, 0.25) is 0 Å². The van der Waals surface area contributed by atoms with Gasteiger partial charge in [0.15, 0.2) is 0 Å². The molecule has 0 aliphatic heterocycles. The van der Waals surface area contributed by atoms with Gasteiger partial charge >= 0.3 is 0 Å². The topological polar surface area (TPSA) is 16.1 Å². The molecule has 3 heteroatoms. The molecule has 0 aromatic carbocycles. The summed E-state index contributed by atoms with van der Waals surface area (Å²) in [6.07, 6.45) is 7.75. The molecule has 13 heavy (non-hydrogen) atoms. The van der Waals surface area contributed by atoms with Crippen molar-refractivity contribution >= 4 is 21.6 Å². The van der Waals surface area contributed by atoms with E-state index in [1.807, 2.05) is 12.4 Å². The smallest absolute Gasteiger partial charge is 0.0563 e. The summed E-state index contributed by atoms with van der Waals surface area (Å²) in [5.41, 5.74) is 1.21. The summed E-state index contributed by atoms with van der Waals surface area (Å²) in [5.74, 6) is 0. The SMILES string of the molecule is CN(c1cncc(Br)c1)C1CCC1. The number of rotatable bonds is 2. The third-order valence-electron chi connectivity index (χ3n) is 2.72. The van der Waals surface area contributed by atoms with Crippen molar-refractivity contribution in [3.05, 3.63) is 22.9 Å². The Morgan fingerprint density at radius 2 is 2.23 bits per heavy atom. The number of anilines is 1. The van der Waals surface area contributed by atoms with Gasteiger partial charge in [-0.2, -0.15) is 0 Å². The van der Waals surface area contributed by atoms with E-state index in [0.29, 0.717) is 0 Å². The molecule has 1 aliphatic rings. The number of hydrogen-bond acceptors (Lipinski definition) is 2. The fourth-order valence-electron chi connectivity index (χ4n) is 1.58. The van der Waals surface area contributed by atoms with Crippen LogP contribution in [0.2, 0.25) is 0 Å². The van der Waals surface area contributed by atoms with Crippen LogP contribution < -0.4 is 4.90 Å². The molecule has 1 aliphatic carbocycles. The molecule has 1 fully saturated rings. The zero-order valence-electron chi connectivity index (χ0n) is 7.70. The van der Waals surface area contributed by atoms with E-state index in [1.54, 1.807) is 0 Å². The highest BCUT2D eigenvalue weighted by Crippen LogP contribution is 2.28. The highest BCUT2D eigenvalue weighted by molar-refractivity contribution is 9.10. The second kappa shape index (κ2) is 3.66. The van der Waals surface area contributed by atoms with E-state index in [1.165, 1.54) is 24.9 Å². The van der Waals surface area contributed by atoms with Gasteiger partial charge in [0.25, 0.3) is 0 Å². The fourth-order valence-corrected chi connectivity index (χ4v) is 1.93. The molecule has 0 spiro atoms. The molecule has 1 heterocycles. The molecule has 70 valence electrons. The predicted octanol–water partition coefficient (Wildman–Crippen LogP) is 2.83. The molecule has 1 aromatic heterocycles. The Labute approximate surface area is 87.1 Å². The lowest BCUT2D eigenvalue weighted by Gasteiger charge is -2.36. The van der Waals surface area contributed by atoms with E-state index in [2.05, 4.69) is 38.9 Å². The number of nitrogens with zero attached hydrogens (tertiary/aromatic N) is 2. The summed E-state index contributed by atoms with van der Waals surface area (Å²) in [4.78, 5) is 6.48. The summed E-state index contributed by atoms with van der Waals surface area (Å²) in [6.45, 7) is 0. The second-order valence-electron chi connectivity index (χ2n) is 3.56. The van der Waals surface area contributed by atoms with Crippen molar-refractivity contribution in [1.29, 1.82) is 0 Å². The number of hydrogen-bond donors (Lipinski definition) is 0. The molecule has 0 saturated heterocycles. The van der Waals surface area contributed by atoms with Crippen LogP contribution in [-0.4, -0.2) is 18.1 Å². The first-order chi connectivity index (χ1) is 6.27. The molecule has 0 unspecified atom stereocenters. The summed E-state index contributed by atoms with van der Waals surface area (Å²) in [7, 11) is 2.15. The fraction of sp³-hybridized carbons (Fsp3) is 0.500. The first-order valence-corrected chi connectivity index (χ1v) is 5.40. The van der Waals surface area contributed by atoms with Crippen LogP contribution in [0.3, 0.4) is 0 Å². The van der Waals surface area contributed by atoms with Crippen LogP contribution >= 0.6 is 15.9 Å². The zero-order chi connectivity index (χ0) is 9.26. The highest BCUT2D eigenvalue weighted by atomic mass is 79.9. The lowest BCUT2D eigenvalue weighted by atomic mass is 9.92. The third-order valence-corrected chi connectivity index (χ3v) is 3.15. The summed E-state index contributed by atoms with van der Waals surface area (Å²) in [5, 5.41) is 0.